The Hall–Kier alpha value is -2.17. The lowest BCUT2D eigenvalue weighted by Gasteiger charge is -2.14. The van der Waals surface area contributed by atoms with Crippen molar-refractivity contribution in [3.05, 3.63) is 35.7 Å². The molecule has 0 aliphatic rings. The number of hydrogen-bond donors (Lipinski definition) is 2. The largest absolute Gasteiger partial charge is 0.478 e. The van der Waals surface area contributed by atoms with Gasteiger partial charge in [0.25, 0.3) is 0 Å². The summed E-state index contributed by atoms with van der Waals surface area (Å²) >= 11 is 0. The number of carboxylic acids is 1. The summed E-state index contributed by atoms with van der Waals surface area (Å²) in [5.41, 5.74) is 1.97. The molecule has 0 amide bonds. The number of nitrogens with zero attached hydrogens (tertiary/aromatic N) is 2. The van der Waals surface area contributed by atoms with Crippen LogP contribution >= 0.6 is 0 Å². The fraction of sp³-hybridized carbons (Fsp3) is 0.308. The maximum absolute atomic E-state index is 11.1. The molecule has 94 valence electrons. The van der Waals surface area contributed by atoms with Crippen LogP contribution in [0, 0.1) is 0 Å². The second-order valence-corrected chi connectivity index (χ2v) is 5.12. The summed E-state index contributed by atoms with van der Waals surface area (Å²) in [5.74, 6) is -1.00. The van der Waals surface area contributed by atoms with Gasteiger partial charge in [0.1, 0.15) is 11.4 Å². The molecular formula is C13H15N3O2. The van der Waals surface area contributed by atoms with E-state index in [2.05, 4.69) is 36.0 Å². The van der Waals surface area contributed by atoms with Gasteiger partial charge in [-0.3, -0.25) is 10.1 Å². The molecule has 0 radical (unpaired) electrons. The lowest BCUT2D eigenvalue weighted by Crippen LogP contribution is -2.11. The number of aromatic nitrogens is 3. The van der Waals surface area contributed by atoms with Crippen molar-refractivity contribution in [1.82, 2.24) is 15.2 Å². The van der Waals surface area contributed by atoms with Gasteiger partial charge in [0, 0.05) is 17.3 Å². The highest BCUT2D eigenvalue weighted by Gasteiger charge is 2.20. The summed E-state index contributed by atoms with van der Waals surface area (Å²) < 4.78 is 0. The molecule has 18 heavy (non-hydrogen) atoms. The predicted octanol–water partition coefficient (Wildman–Crippen LogP) is 2.47. The van der Waals surface area contributed by atoms with Gasteiger partial charge in [-0.2, -0.15) is 5.10 Å². The third-order valence-electron chi connectivity index (χ3n) is 2.67. The first-order valence-corrected chi connectivity index (χ1v) is 5.64. The Bertz CT molecular complexity index is 582. The number of carboxylic acid groups (broad SMARTS) is 1. The molecule has 0 aromatic carbocycles. The second kappa shape index (κ2) is 4.25. The van der Waals surface area contributed by atoms with Gasteiger partial charge in [-0.05, 0) is 18.2 Å². The first kappa shape index (κ1) is 12.3. The van der Waals surface area contributed by atoms with Crippen LogP contribution < -0.4 is 0 Å². The zero-order valence-corrected chi connectivity index (χ0v) is 10.6. The van der Waals surface area contributed by atoms with Crippen molar-refractivity contribution in [1.29, 1.82) is 0 Å². The van der Waals surface area contributed by atoms with Gasteiger partial charge in [-0.25, -0.2) is 4.79 Å². The minimum Gasteiger partial charge on any atom is -0.478 e. The maximum atomic E-state index is 11.1. The summed E-state index contributed by atoms with van der Waals surface area (Å²) in [6.07, 6.45) is 1.56. The van der Waals surface area contributed by atoms with Crippen molar-refractivity contribution in [3.8, 4) is 11.4 Å². The van der Waals surface area contributed by atoms with E-state index < -0.39 is 5.97 Å². The van der Waals surface area contributed by atoms with Crippen LogP contribution in [-0.4, -0.2) is 26.3 Å². The van der Waals surface area contributed by atoms with E-state index in [-0.39, 0.29) is 11.0 Å². The summed E-state index contributed by atoms with van der Waals surface area (Å²) in [6, 6.07) is 4.97. The molecule has 2 aromatic heterocycles. The highest BCUT2D eigenvalue weighted by Crippen LogP contribution is 2.25. The molecule has 0 aliphatic heterocycles. The van der Waals surface area contributed by atoms with Gasteiger partial charge in [-0.1, -0.05) is 20.8 Å². The van der Waals surface area contributed by atoms with Gasteiger partial charge < -0.3 is 5.11 Å². The van der Waals surface area contributed by atoms with Gasteiger partial charge >= 0.3 is 5.97 Å². The molecular weight excluding hydrogens is 230 g/mol. The van der Waals surface area contributed by atoms with E-state index in [0.29, 0.717) is 11.4 Å². The quantitative estimate of drug-likeness (QED) is 0.851. The predicted molar refractivity (Wildman–Crippen MR) is 67.5 cm³/mol. The first-order chi connectivity index (χ1) is 8.39. The Morgan fingerprint density at radius 3 is 2.67 bits per heavy atom. The molecule has 2 aromatic rings. The average Bonchev–Trinajstić information content (AvgIpc) is 2.77. The van der Waals surface area contributed by atoms with Gasteiger partial charge in [0.15, 0.2) is 0 Å². The number of aromatic amines is 1. The van der Waals surface area contributed by atoms with Crippen LogP contribution in [0.1, 0.15) is 36.8 Å². The second-order valence-electron chi connectivity index (χ2n) is 5.12. The number of pyridine rings is 1. The van der Waals surface area contributed by atoms with Gasteiger partial charge in [-0.15, -0.1) is 0 Å². The molecule has 5 heteroatoms. The molecule has 2 rings (SSSR count). The third-order valence-corrected chi connectivity index (χ3v) is 2.67. The molecule has 0 spiro atoms. The monoisotopic (exact) mass is 245 g/mol. The molecule has 2 N–H and O–H groups in total. The number of carbonyl (C=O) groups is 1. The minimum atomic E-state index is -1.00. The van der Waals surface area contributed by atoms with Crippen molar-refractivity contribution in [2.45, 2.75) is 26.2 Å². The van der Waals surface area contributed by atoms with Crippen LogP contribution in [0.3, 0.4) is 0 Å². The van der Waals surface area contributed by atoms with E-state index in [0.717, 1.165) is 5.69 Å². The fourth-order valence-corrected chi connectivity index (χ4v) is 1.61. The Balaban J connectivity index is 2.50. The van der Waals surface area contributed by atoms with Crippen LogP contribution in [0.4, 0.5) is 0 Å². The van der Waals surface area contributed by atoms with Crippen LogP contribution in [0.2, 0.25) is 0 Å². The SMILES string of the molecule is CC(C)(C)c1cc(-c2ncccc2C(=O)O)n[nH]1. The summed E-state index contributed by atoms with van der Waals surface area (Å²) in [5, 5.41) is 16.2. The van der Waals surface area contributed by atoms with Crippen LogP contribution in [0.15, 0.2) is 24.4 Å². The van der Waals surface area contributed by atoms with E-state index in [4.69, 9.17) is 5.11 Å². The molecule has 0 saturated carbocycles. The third kappa shape index (κ3) is 2.25. The smallest absolute Gasteiger partial charge is 0.337 e. The van der Waals surface area contributed by atoms with Crippen molar-refractivity contribution >= 4 is 5.97 Å². The number of H-pyrrole nitrogens is 1. The average molecular weight is 245 g/mol. The van der Waals surface area contributed by atoms with E-state index >= 15 is 0 Å². The Morgan fingerprint density at radius 2 is 2.11 bits per heavy atom. The highest BCUT2D eigenvalue weighted by atomic mass is 16.4. The van der Waals surface area contributed by atoms with Gasteiger partial charge in [0.05, 0.1) is 5.56 Å². The molecule has 0 fully saturated rings. The number of hydrogen-bond acceptors (Lipinski definition) is 3. The Kier molecular flexibility index (Phi) is 2.90. The molecule has 0 aliphatic carbocycles. The van der Waals surface area contributed by atoms with Gasteiger partial charge in [0.2, 0.25) is 0 Å². The summed E-state index contributed by atoms with van der Waals surface area (Å²) in [4.78, 5) is 15.2. The maximum Gasteiger partial charge on any atom is 0.337 e. The molecule has 2 heterocycles. The van der Waals surface area contributed by atoms with E-state index in [1.54, 1.807) is 12.3 Å². The highest BCUT2D eigenvalue weighted by molar-refractivity contribution is 5.94. The minimum absolute atomic E-state index is 0.0661. The topological polar surface area (TPSA) is 78.9 Å². The fourth-order valence-electron chi connectivity index (χ4n) is 1.61. The molecule has 0 unspecified atom stereocenters. The zero-order valence-electron chi connectivity index (χ0n) is 10.6. The molecule has 0 bridgehead atoms. The lowest BCUT2D eigenvalue weighted by molar-refractivity contribution is 0.0697. The van der Waals surface area contributed by atoms with Crippen LogP contribution in [-0.2, 0) is 5.41 Å². The molecule has 0 saturated heterocycles. The van der Waals surface area contributed by atoms with Crippen molar-refractivity contribution in [3.63, 3.8) is 0 Å². The zero-order chi connectivity index (χ0) is 13.3. The number of rotatable bonds is 2. The van der Waals surface area contributed by atoms with Crippen LogP contribution in [0.25, 0.3) is 11.4 Å². The van der Waals surface area contributed by atoms with E-state index in [1.807, 2.05) is 6.07 Å². The van der Waals surface area contributed by atoms with Crippen LogP contribution in [0.5, 0.6) is 0 Å². The standard InChI is InChI=1S/C13H15N3O2/c1-13(2,3)10-7-9(15-16-10)11-8(12(17)18)5-4-6-14-11/h4-7H,1-3H3,(H,15,16)(H,17,18). The Morgan fingerprint density at radius 1 is 1.39 bits per heavy atom. The number of nitrogens with one attached hydrogen (secondary N) is 1. The van der Waals surface area contributed by atoms with Crippen molar-refractivity contribution in [2.75, 3.05) is 0 Å². The summed E-state index contributed by atoms with van der Waals surface area (Å²) in [7, 11) is 0. The Labute approximate surface area is 105 Å². The summed E-state index contributed by atoms with van der Waals surface area (Å²) in [6.45, 7) is 6.17. The molecule has 5 nitrogen and oxygen atoms in total. The van der Waals surface area contributed by atoms with E-state index in [1.165, 1.54) is 6.07 Å². The number of aromatic carboxylic acids is 1. The molecule has 0 atom stereocenters. The normalized spacial score (nSPS) is 11.5. The van der Waals surface area contributed by atoms with Crippen molar-refractivity contribution < 1.29 is 9.90 Å². The van der Waals surface area contributed by atoms with E-state index in [9.17, 15) is 4.79 Å². The van der Waals surface area contributed by atoms with Crippen molar-refractivity contribution in [2.24, 2.45) is 0 Å². The lowest BCUT2D eigenvalue weighted by atomic mass is 9.92. The first-order valence-electron chi connectivity index (χ1n) is 5.64.